The number of hydrogen-bond acceptors (Lipinski definition) is 3. The molecule has 21 heavy (non-hydrogen) atoms. The van der Waals surface area contributed by atoms with Crippen LogP contribution in [0.25, 0.3) is 10.9 Å². The predicted molar refractivity (Wildman–Crippen MR) is 88.5 cm³/mol. The van der Waals surface area contributed by atoms with Gasteiger partial charge in [0.25, 0.3) is 0 Å². The molecule has 1 saturated heterocycles. The second kappa shape index (κ2) is 7.07. The molecule has 0 atom stereocenters. The highest BCUT2D eigenvalue weighted by atomic mass is 15.1. The molecule has 4 N–H and O–H groups in total. The molecule has 0 amide bonds. The Bertz CT molecular complexity index is 555. The molecule has 1 aliphatic rings. The number of nitrogens with two attached hydrogens (primary N) is 1. The summed E-state index contributed by atoms with van der Waals surface area (Å²) in [4.78, 5) is 5.95. The average molecular weight is 286 g/mol. The summed E-state index contributed by atoms with van der Waals surface area (Å²) in [7, 11) is 0. The third-order valence-corrected chi connectivity index (χ3v) is 4.54. The third kappa shape index (κ3) is 3.64. The molecular formula is C17H26N4. The highest BCUT2D eigenvalue weighted by molar-refractivity contribution is 5.83. The van der Waals surface area contributed by atoms with Crippen molar-refractivity contribution < 1.29 is 0 Å². The molecule has 114 valence electrons. The number of nitrogens with zero attached hydrogens (tertiary/aromatic N) is 1. The number of aromatic amines is 1. The maximum atomic E-state index is 5.54. The number of fused-ring (bicyclic) bond motifs is 1. The van der Waals surface area contributed by atoms with Crippen LogP contribution in [0.5, 0.6) is 0 Å². The SMILES string of the molecule is NCCNC1CCN(CCc2c[nH]c3ccccc23)CC1. The maximum absolute atomic E-state index is 5.54. The lowest BCUT2D eigenvalue weighted by Gasteiger charge is -2.32. The van der Waals surface area contributed by atoms with Crippen molar-refractivity contribution in [2.24, 2.45) is 5.73 Å². The van der Waals surface area contributed by atoms with Crippen molar-refractivity contribution in [2.45, 2.75) is 25.3 Å². The van der Waals surface area contributed by atoms with Crippen molar-refractivity contribution in [1.82, 2.24) is 15.2 Å². The molecule has 0 bridgehead atoms. The van der Waals surface area contributed by atoms with E-state index in [-0.39, 0.29) is 0 Å². The Morgan fingerprint density at radius 1 is 1.24 bits per heavy atom. The molecule has 0 spiro atoms. The molecule has 0 saturated carbocycles. The Labute approximate surface area is 126 Å². The molecule has 0 radical (unpaired) electrons. The molecule has 1 fully saturated rings. The fourth-order valence-electron chi connectivity index (χ4n) is 3.27. The van der Waals surface area contributed by atoms with Crippen molar-refractivity contribution >= 4 is 10.9 Å². The number of nitrogens with one attached hydrogen (secondary N) is 2. The van der Waals surface area contributed by atoms with Gasteiger partial charge in [0.2, 0.25) is 0 Å². The maximum Gasteiger partial charge on any atom is 0.0456 e. The molecule has 0 aliphatic carbocycles. The lowest BCUT2D eigenvalue weighted by atomic mass is 10.0. The summed E-state index contributed by atoms with van der Waals surface area (Å²) in [5, 5.41) is 4.90. The number of aromatic nitrogens is 1. The minimum Gasteiger partial charge on any atom is -0.361 e. The summed E-state index contributed by atoms with van der Waals surface area (Å²) in [6, 6.07) is 9.23. The normalized spacial score (nSPS) is 17.6. The predicted octanol–water partition coefficient (Wildman–Crippen LogP) is 1.72. The molecule has 0 unspecified atom stereocenters. The van der Waals surface area contributed by atoms with Crippen LogP contribution in [0.3, 0.4) is 0 Å². The van der Waals surface area contributed by atoms with Crippen LogP contribution in [0.2, 0.25) is 0 Å². The molecule has 1 aromatic carbocycles. The second-order valence-electron chi connectivity index (χ2n) is 5.97. The Kier molecular flexibility index (Phi) is 4.91. The van der Waals surface area contributed by atoms with Crippen LogP contribution >= 0.6 is 0 Å². The second-order valence-corrected chi connectivity index (χ2v) is 5.97. The quantitative estimate of drug-likeness (QED) is 0.758. The summed E-state index contributed by atoms with van der Waals surface area (Å²) in [5.74, 6) is 0. The third-order valence-electron chi connectivity index (χ3n) is 4.54. The van der Waals surface area contributed by atoms with Crippen LogP contribution in [0.4, 0.5) is 0 Å². The number of benzene rings is 1. The summed E-state index contributed by atoms with van der Waals surface area (Å²) in [6.45, 7) is 5.24. The molecule has 2 aromatic rings. The number of rotatable bonds is 6. The highest BCUT2D eigenvalue weighted by Crippen LogP contribution is 2.19. The van der Waals surface area contributed by atoms with Gasteiger partial charge in [0.1, 0.15) is 0 Å². The largest absolute Gasteiger partial charge is 0.361 e. The number of hydrogen-bond donors (Lipinski definition) is 3. The fourth-order valence-corrected chi connectivity index (χ4v) is 3.27. The Balaban J connectivity index is 1.48. The summed E-state index contributed by atoms with van der Waals surface area (Å²) >= 11 is 0. The summed E-state index contributed by atoms with van der Waals surface area (Å²) in [5.41, 5.74) is 8.23. The van der Waals surface area contributed by atoms with Crippen LogP contribution < -0.4 is 11.1 Å². The Morgan fingerprint density at radius 3 is 2.86 bits per heavy atom. The van der Waals surface area contributed by atoms with E-state index >= 15 is 0 Å². The van der Waals surface area contributed by atoms with Gasteiger partial charge in [-0.15, -0.1) is 0 Å². The minimum absolute atomic E-state index is 0.665. The van der Waals surface area contributed by atoms with Gasteiger partial charge in [-0.25, -0.2) is 0 Å². The van der Waals surface area contributed by atoms with Crippen molar-refractivity contribution in [3.63, 3.8) is 0 Å². The van der Waals surface area contributed by atoms with Crippen molar-refractivity contribution in [3.05, 3.63) is 36.0 Å². The van der Waals surface area contributed by atoms with Gasteiger partial charge >= 0.3 is 0 Å². The molecule has 2 heterocycles. The van der Waals surface area contributed by atoms with E-state index in [1.54, 1.807) is 0 Å². The van der Waals surface area contributed by atoms with Crippen LogP contribution in [0.1, 0.15) is 18.4 Å². The first-order valence-electron chi connectivity index (χ1n) is 8.07. The van der Waals surface area contributed by atoms with Crippen molar-refractivity contribution in [3.8, 4) is 0 Å². The first-order valence-corrected chi connectivity index (χ1v) is 8.07. The zero-order valence-corrected chi connectivity index (χ0v) is 12.6. The van der Waals surface area contributed by atoms with Crippen LogP contribution in [-0.4, -0.2) is 48.6 Å². The lowest BCUT2D eigenvalue weighted by Crippen LogP contribution is -2.44. The first kappa shape index (κ1) is 14.6. The van der Waals surface area contributed by atoms with Gasteiger partial charge in [-0.2, -0.15) is 0 Å². The van der Waals surface area contributed by atoms with E-state index in [9.17, 15) is 0 Å². The van der Waals surface area contributed by atoms with E-state index in [1.165, 1.54) is 42.4 Å². The zero-order valence-electron chi connectivity index (χ0n) is 12.6. The zero-order chi connectivity index (χ0) is 14.5. The van der Waals surface area contributed by atoms with Gasteiger partial charge in [0.05, 0.1) is 0 Å². The average Bonchev–Trinajstić information content (AvgIpc) is 2.95. The van der Waals surface area contributed by atoms with E-state index in [2.05, 4.69) is 45.7 Å². The summed E-state index contributed by atoms with van der Waals surface area (Å²) in [6.07, 6.45) is 5.78. The van der Waals surface area contributed by atoms with Crippen LogP contribution in [0, 0.1) is 0 Å². The number of likely N-dealkylation sites (tertiary alicyclic amines) is 1. The van der Waals surface area contributed by atoms with Crippen LogP contribution in [0.15, 0.2) is 30.5 Å². The van der Waals surface area contributed by atoms with Crippen molar-refractivity contribution in [2.75, 3.05) is 32.7 Å². The van der Waals surface area contributed by atoms with Gasteiger partial charge in [0.15, 0.2) is 0 Å². The smallest absolute Gasteiger partial charge is 0.0456 e. The van der Waals surface area contributed by atoms with Gasteiger partial charge in [-0.1, -0.05) is 18.2 Å². The standard InChI is InChI=1S/C17H26N4/c18-8-9-19-15-6-11-21(12-7-15)10-5-14-13-20-17-4-2-1-3-16(14)17/h1-4,13,15,19-20H,5-12,18H2. The number of H-pyrrole nitrogens is 1. The van der Waals surface area contributed by atoms with Crippen molar-refractivity contribution in [1.29, 1.82) is 0 Å². The molecular weight excluding hydrogens is 260 g/mol. The molecule has 1 aliphatic heterocycles. The Hall–Kier alpha value is -1.36. The van der Waals surface area contributed by atoms with E-state index < -0.39 is 0 Å². The number of para-hydroxylation sites is 1. The monoisotopic (exact) mass is 286 g/mol. The fraction of sp³-hybridized carbons (Fsp3) is 0.529. The number of piperidine rings is 1. The van der Waals surface area contributed by atoms with E-state index in [4.69, 9.17) is 5.73 Å². The van der Waals surface area contributed by atoms with E-state index in [0.29, 0.717) is 6.04 Å². The van der Waals surface area contributed by atoms with Gasteiger partial charge in [-0.3, -0.25) is 0 Å². The van der Waals surface area contributed by atoms with Gasteiger partial charge in [-0.05, 0) is 44.0 Å². The highest BCUT2D eigenvalue weighted by Gasteiger charge is 2.18. The molecule has 4 nitrogen and oxygen atoms in total. The minimum atomic E-state index is 0.665. The first-order chi connectivity index (χ1) is 10.4. The molecule has 4 heteroatoms. The van der Waals surface area contributed by atoms with Gasteiger partial charge in [0, 0.05) is 42.8 Å². The van der Waals surface area contributed by atoms with Crippen LogP contribution in [-0.2, 0) is 6.42 Å². The molecule has 1 aromatic heterocycles. The van der Waals surface area contributed by atoms with Gasteiger partial charge < -0.3 is 20.9 Å². The Morgan fingerprint density at radius 2 is 2.05 bits per heavy atom. The lowest BCUT2D eigenvalue weighted by molar-refractivity contribution is 0.200. The van der Waals surface area contributed by atoms with E-state index in [1.807, 2.05) is 0 Å². The summed E-state index contributed by atoms with van der Waals surface area (Å²) < 4.78 is 0. The molecule has 3 rings (SSSR count). The topological polar surface area (TPSA) is 57.1 Å². The van der Waals surface area contributed by atoms with E-state index in [0.717, 1.165) is 26.1 Å².